The minimum atomic E-state index is 0. The van der Waals surface area contributed by atoms with E-state index < -0.39 is 0 Å². The van der Waals surface area contributed by atoms with Gasteiger partial charge in [0.05, 0.1) is 0 Å². The second-order valence-corrected chi connectivity index (χ2v) is 9.25. The van der Waals surface area contributed by atoms with E-state index in [9.17, 15) is 0 Å². The highest BCUT2D eigenvalue weighted by Crippen LogP contribution is 2.26. The minimum absolute atomic E-state index is 0. The van der Waals surface area contributed by atoms with Crippen LogP contribution in [0.15, 0.2) is 4.99 Å². The third-order valence-corrected chi connectivity index (χ3v) is 7.07. The Labute approximate surface area is 205 Å². The van der Waals surface area contributed by atoms with Crippen molar-refractivity contribution in [3.8, 4) is 0 Å². The third kappa shape index (κ3) is 7.04. The molecule has 0 radical (unpaired) electrons. The Bertz CT molecular complexity index is 675. The number of aryl methyl sites for hydroxylation is 2. The summed E-state index contributed by atoms with van der Waals surface area (Å²) in [4.78, 5) is 7.59. The zero-order valence-electron chi connectivity index (χ0n) is 19.3. The fourth-order valence-electron chi connectivity index (χ4n) is 5.35. The van der Waals surface area contributed by atoms with E-state index in [1.807, 2.05) is 0 Å². The van der Waals surface area contributed by atoms with Crippen molar-refractivity contribution in [3.05, 3.63) is 11.6 Å². The van der Waals surface area contributed by atoms with Crippen LogP contribution in [-0.2, 0) is 19.4 Å². The first-order chi connectivity index (χ1) is 14.8. The van der Waals surface area contributed by atoms with Gasteiger partial charge < -0.3 is 20.1 Å². The van der Waals surface area contributed by atoms with Crippen molar-refractivity contribution < 1.29 is 0 Å². The number of aliphatic imine (C=N–C) groups is 1. The molecule has 31 heavy (non-hydrogen) atoms. The Hall–Kier alpha value is -0.900. The van der Waals surface area contributed by atoms with E-state index in [-0.39, 0.29) is 24.0 Å². The second-order valence-electron chi connectivity index (χ2n) is 9.25. The van der Waals surface area contributed by atoms with Gasteiger partial charge in [-0.15, -0.1) is 34.2 Å². The number of guanidine groups is 1. The maximum atomic E-state index is 4.86. The van der Waals surface area contributed by atoms with Gasteiger partial charge in [0.1, 0.15) is 11.6 Å². The number of nitrogens with one attached hydrogen (secondary N) is 2. The molecule has 176 valence electrons. The molecule has 0 unspecified atom stereocenters. The van der Waals surface area contributed by atoms with Crippen LogP contribution >= 0.6 is 24.0 Å². The number of likely N-dealkylation sites (tertiary alicyclic amines) is 1. The molecule has 8 heteroatoms. The molecule has 1 saturated heterocycles. The summed E-state index contributed by atoms with van der Waals surface area (Å²) in [5, 5.41) is 16.0. The predicted molar refractivity (Wildman–Crippen MR) is 137 cm³/mol. The van der Waals surface area contributed by atoms with Crippen LogP contribution in [0.1, 0.15) is 82.8 Å². The van der Waals surface area contributed by atoms with Crippen molar-refractivity contribution in [1.29, 1.82) is 0 Å². The lowest BCUT2D eigenvalue weighted by molar-refractivity contribution is 0.150. The van der Waals surface area contributed by atoms with Crippen LogP contribution in [0.25, 0.3) is 0 Å². The molecule has 7 nitrogen and oxygen atoms in total. The first-order valence-corrected chi connectivity index (χ1v) is 12.5. The zero-order chi connectivity index (χ0) is 20.6. The summed E-state index contributed by atoms with van der Waals surface area (Å²) in [5.74, 6) is 3.32. The quantitative estimate of drug-likeness (QED) is 0.239. The number of rotatable bonds is 7. The van der Waals surface area contributed by atoms with Crippen LogP contribution < -0.4 is 10.6 Å². The Kier molecular flexibility index (Phi) is 10.3. The smallest absolute Gasteiger partial charge is 0.191 e. The van der Waals surface area contributed by atoms with Gasteiger partial charge in [-0.1, -0.05) is 19.3 Å². The molecule has 1 aliphatic carbocycles. The highest BCUT2D eigenvalue weighted by molar-refractivity contribution is 14.0. The SMILES string of the molecule is CCNC(=NCCCc1nnc2n1CCCCC2)NC1CCN(C2CCCC2)CC1.I. The number of hydrogen-bond donors (Lipinski definition) is 2. The van der Waals surface area contributed by atoms with E-state index in [1.165, 1.54) is 76.7 Å². The highest BCUT2D eigenvalue weighted by atomic mass is 127. The van der Waals surface area contributed by atoms with Gasteiger partial charge in [0.2, 0.25) is 0 Å². The van der Waals surface area contributed by atoms with E-state index in [2.05, 4.69) is 37.2 Å². The van der Waals surface area contributed by atoms with Gasteiger partial charge >= 0.3 is 0 Å². The summed E-state index contributed by atoms with van der Waals surface area (Å²) in [5.41, 5.74) is 0. The molecule has 2 fully saturated rings. The van der Waals surface area contributed by atoms with Gasteiger partial charge in [-0.25, -0.2) is 0 Å². The van der Waals surface area contributed by atoms with Gasteiger partial charge in [-0.2, -0.15) is 0 Å². The average Bonchev–Trinajstić information content (AvgIpc) is 3.37. The van der Waals surface area contributed by atoms with Crippen LogP contribution in [0.2, 0.25) is 0 Å². The molecule has 2 N–H and O–H groups in total. The Morgan fingerprint density at radius 3 is 2.58 bits per heavy atom. The maximum Gasteiger partial charge on any atom is 0.191 e. The van der Waals surface area contributed by atoms with Gasteiger partial charge in [0.25, 0.3) is 0 Å². The maximum absolute atomic E-state index is 4.86. The molecule has 3 aliphatic rings. The predicted octanol–water partition coefficient (Wildman–Crippen LogP) is 3.52. The van der Waals surface area contributed by atoms with Crippen molar-refractivity contribution in [2.24, 2.45) is 4.99 Å². The summed E-state index contributed by atoms with van der Waals surface area (Å²) in [7, 11) is 0. The average molecular weight is 544 g/mol. The minimum Gasteiger partial charge on any atom is -0.357 e. The van der Waals surface area contributed by atoms with Gasteiger partial charge in [-0.05, 0) is 51.9 Å². The van der Waals surface area contributed by atoms with Crippen LogP contribution in [0.5, 0.6) is 0 Å². The van der Waals surface area contributed by atoms with Crippen molar-refractivity contribution in [3.63, 3.8) is 0 Å². The molecule has 0 spiro atoms. The molecule has 3 heterocycles. The first-order valence-electron chi connectivity index (χ1n) is 12.5. The number of fused-ring (bicyclic) bond motifs is 1. The summed E-state index contributed by atoms with van der Waals surface area (Å²) < 4.78 is 2.36. The lowest BCUT2D eigenvalue weighted by Crippen LogP contribution is -2.50. The third-order valence-electron chi connectivity index (χ3n) is 7.07. The summed E-state index contributed by atoms with van der Waals surface area (Å²) in [6.45, 7) is 7.44. The van der Waals surface area contributed by atoms with Crippen LogP contribution in [0.4, 0.5) is 0 Å². The summed E-state index contributed by atoms with van der Waals surface area (Å²) >= 11 is 0. The molecule has 0 bridgehead atoms. The van der Waals surface area contributed by atoms with E-state index >= 15 is 0 Å². The van der Waals surface area contributed by atoms with Crippen LogP contribution in [0.3, 0.4) is 0 Å². The van der Waals surface area contributed by atoms with Crippen molar-refractivity contribution in [2.75, 3.05) is 26.2 Å². The number of aromatic nitrogens is 3. The number of nitrogens with zero attached hydrogens (tertiary/aromatic N) is 5. The molecule has 0 atom stereocenters. The Morgan fingerprint density at radius 2 is 1.81 bits per heavy atom. The van der Waals surface area contributed by atoms with Gasteiger partial charge in [-0.3, -0.25) is 4.99 Å². The zero-order valence-corrected chi connectivity index (χ0v) is 21.7. The largest absolute Gasteiger partial charge is 0.357 e. The standard InChI is InChI=1S/C23H41N7.HI/c1-2-24-23(26-19-13-17-29(18-14-19)20-9-5-6-10-20)25-15-8-12-22-28-27-21-11-4-3-7-16-30(21)22;/h19-20H,2-18H2,1H3,(H2,24,25,26);1H. The lowest BCUT2D eigenvalue weighted by Gasteiger charge is -2.36. The van der Waals surface area contributed by atoms with E-state index in [0.29, 0.717) is 6.04 Å². The summed E-state index contributed by atoms with van der Waals surface area (Å²) in [6, 6.07) is 1.41. The summed E-state index contributed by atoms with van der Waals surface area (Å²) in [6.07, 6.45) is 15.0. The fourth-order valence-corrected chi connectivity index (χ4v) is 5.35. The molecule has 1 aromatic rings. The monoisotopic (exact) mass is 543 g/mol. The molecule has 4 rings (SSSR count). The van der Waals surface area contributed by atoms with E-state index in [4.69, 9.17) is 4.99 Å². The highest BCUT2D eigenvalue weighted by Gasteiger charge is 2.27. The number of piperidine rings is 1. The molecule has 1 aromatic heterocycles. The van der Waals surface area contributed by atoms with E-state index in [0.717, 1.165) is 56.7 Å². The molecule has 0 amide bonds. The lowest BCUT2D eigenvalue weighted by atomic mass is 10.0. The Balaban J connectivity index is 0.00000272. The van der Waals surface area contributed by atoms with Gasteiger partial charge in [0, 0.05) is 57.6 Å². The number of halogens is 1. The van der Waals surface area contributed by atoms with Gasteiger partial charge in [0.15, 0.2) is 5.96 Å². The second kappa shape index (κ2) is 13.0. The fraction of sp³-hybridized carbons (Fsp3) is 0.870. The molecule has 0 aromatic carbocycles. The van der Waals surface area contributed by atoms with E-state index in [1.54, 1.807) is 0 Å². The molecule has 1 saturated carbocycles. The molecular formula is C23H42IN7. The van der Waals surface area contributed by atoms with Crippen molar-refractivity contribution in [2.45, 2.75) is 103 Å². The van der Waals surface area contributed by atoms with Crippen LogP contribution in [-0.4, -0.2) is 63.9 Å². The first kappa shape index (κ1) is 24.7. The topological polar surface area (TPSA) is 70.4 Å². The Morgan fingerprint density at radius 1 is 1.00 bits per heavy atom. The number of hydrogen-bond acceptors (Lipinski definition) is 4. The van der Waals surface area contributed by atoms with Crippen LogP contribution in [0, 0.1) is 0 Å². The molecular weight excluding hydrogens is 501 g/mol. The van der Waals surface area contributed by atoms with Crippen molar-refractivity contribution in [1.82, 2.24) is 30.3 Å². The normalized spacial score (nSPS) is 21.4. The van der Waals surface area contributed by atoms with Crippen molar-refractivity contribution >= 4 is 29.9 Å². The molecule has 2 aliphatic heterocycles.